The molecule has 0 aliphatic carbocycles. The molecule has 0 bridgehead atoms. The third-order valence-electron chi connectivity index (χ3n) is 3.81. The van der Waals surface area contributed by atoms with E-state index < -0.39 is 9.84 Å². The molecule has 2 rings (SSSR count). The number of hydrogen-bond donors (Lipinski definition) is 2. The Bertz CT molecular complexity index is 693. The standard InChI is InChI=1S/C16H23Cl2N3O2S/c1-2-19-16(21-14-7-9-24(22,23)11-14)20-8-3-4-12-5-6-13(17)10-15(12)18/h5-6,10,14H,2-4,7-9,11H2,1H3,(H2,19,20,21). The van der Waals surface area contributed by atoms with Crippen LogP contribution in [0.4, 0.5) is 0 Å². The number of nitrogens with one attached hydrogen (secondary N) is 2. The van der Waals surface area contributed by atoms with Crippen LogP contribution in [0.5, 0.6) is 0 Å². The maximum absolute atomic E-state index is 11.5. The predicted octanol–water partition coefficient (Wildman–Crippen LogP) is 2.67. The minimum Gasteiger partial charge on any atom is -0.357 e. The zero-order chi connectivity index (χ0) is 17.6. The van der Waals surface area contributed by atoms with E-state index in [4.69, 9.17) is 23.2 Å². The third-order valence-corrected chi connectivity index (χ3v) is 6.16. The molecule has 1 atom stereocenters. The number of halogens is 2. The van der Waals surface area contributed by atoms with E-state index in [1.165, 1.54) is 0 Å². The van der Waals surface area contributed by atoms with E-state index in [0.717, 1.165) is 24.9 Å². The molecule has 1 saturated heterocycles. The molecule has 0 spiro atoms. The smallest absolute Gasteiger partial charge is 0.191 e. The molecule has 0 aromatic heterocycles. The van der Waals surface area contributed by atoms with E-state index in [1.54, 1.807) is 6.07 Å². The lowest BCUT2D eigenvalue weighted by Crippen LogP contribution is -2.44. The van der Waals surface area contributed by atoms with Crippen molar-refractivity contribution in [2.75, 3.05) is 24.6 Å². The molecule has 5 nitrogen and oxygen atoms in total. The van der Waals surface area contributed by atoms with Gasteiger partial charge >= 0.3 is 0 Å². The zero-order valence-corrected chi connectivity index (χ0v) is 16.0. The lowest BCUT2D eigenvalue weighted by atomic mass is 10.1. The van der Waals surface area contributed by atoms with Gasteiger partial charge in [0.05, 0.1) is 11.5 Å². The Labute approximate surface area is 153 Å². The van der Waals surface area contributed by atoms with E-state index in [2.05, 4.69) is 15.6 Å². The second-order valence-corrected chi connectivity index (χ2v) is 8.92. The molecule has 24 heavy (non-hydrogen) atoms. The largest absolute Gasteiger partial charge is 0.357 e. The van der Waals surface area contributed by atoms with Crippen LogP contribution in [0.15, 0.2) is 23.2 Å². The zero-order valence-electron chi connectivity index (χ0n) is 13.7. The van der Waals surface area contributed by atoms with Crippen molar-refractivity contribution < 1.29 is 8.42 Å². The highest BCUT2D eigenvalue weighted by atomic mass is 35.5. The van der Waals surface area contributed by atoms with Crippen molar-refractivity contribution >= 4 is 39.0 Å². The van der Waals surface area contributed by atoms with Crippen molar-refractivity contribution in [1.29, 1.82) is 0 Å². The maximum Gasteiger partial charge on any atom is 0.191 e. The Morgan fingerprint density at radius 1 is 1.38 bits per heavy atom. The highest BCUT2D eigenvalue weighted by Gasteiger charge is 2.28. The first-order valence-electron chi connectivity index (χ1n) is 8.09. The fourth-order valence-corrected chi connectivity index (χ4v) is 4.78. The van der Waals surface area contributed by atoms with Gasteiger partial charge in [0.2, 0.25) is 0 Å². The van der Waals surface area contributed by atoms with Crippen molar-refractivity contribution in [2.45, 2.75) is 32.2 Å². The first kappa shape index (κ1) is 19.3. The summed E-state index contributed by atoms with van der Waals surface area (Å²) in [7, 11) is -2.90. The summed E-state index contributed by atoms with van der Waals surface area (Å²) in [6.07, 6.45) is 2.30. The molecule has 1 aliphatic heterocycles. The summed E-state index contributed by atoms with van der Waals surface area (Å²) in [5.41, 5.74) is 1.05. The number of nitrogens with zero attached hydrogens (tertiary/aromatic N) is 1. The van der Waals surface area contributed by atoms with Gasteiger partial charge in [0.15, 0.2) is 15.8 Å². The fraction of sp³-hybridized carbons (Fsp3) is 0.562. The van der Waals surface area contributed by atoms with Crippen molar-refractivity contribution in [3.63, 3.8) is 0 Å². The maximum atomic E-state index is 11.5. The Balaban J connectivity index is 1.84. The Morgan fingerprint density at radius 3 is 2.79 bits per heavy atom. The van der Waals surface area contributed by atoms with Gasteiger partial charge in [-0.3, -0.25) is 4.99 Å². The Kier molecular flexibility index (Phi) is 7.19. The molecule has 1 unspecified atom stereocenters. The fourth-order valence-electron chi connectivity index (χ4n) is 2.61. The summed E-state index contributed by atoms with van der Waals surface area (Å²) in [4.78, 5) is 4.52. The number of rotatable bonds is 6. The summed E-state index contributed by atoms with van der Waals surface area (Å²) in [6.45, 7) is 3.35. The quantitative estimate of drug-likeness (QED) is 0.444. The van der Waals surface area contributed by atoms with Gasteiger partial charge in [0.1, 0.15) is 0 Å². The molecule has 2 N–H and O–H groups in total. The molecule has 1 heterocycles. The summed E-state index contributed by atoms with van der Waals surface area (Å²) < 4.78 is 23.1. The summed E-state index contributed by atoms with van der Waals surface area (Å²) in [6, 6.07) is 5.45. The SMILES string of the molecule is CCNC(=NCCCc1ccc(Cl)cc1Cl)NC1CCS(=O)(=O)C1. The molecule has 8 heteroatoms. The van der Waals surface area contributed by atoms with E-state index in [0.29, 0.717) is 29.0 Å². The van der Waals surface area contributed by atoms with Crippen LogP contribution in [0.2, 0.25) is 10.0 Å². The van der Waals surface area contributed by atoms with Crippen LogP contribution in [0.1, 0.15) is 25.3 Å². The minimum absolute atomic E-state index is 0.0569. The molecule has 1 aliphatic rings. The van der Waals surface area contributed by atoms with Crippen LogP contribution < -0.4 is 10.6 Å². The first-order valence-corrected chi connectivity index (χ1v) is 10.7. The average Bonchev–Trinajstić information content (AvgIpc) is 2.84. The summed E-state index contributed by atoms with van der Waals surface area (Å²) >= 11 is 12.0. The van der Waals surface area contributed by atoms with Gasteiger partial charge in [-0.2, -0.15) is 0 Å². The van der Waals surface area contributed by atoms with Crippen molar-refractivity contribution in [1.82, 2.24) is 10.6 Å². The van der Waals surface area contributed by atoms with Crippen LogP contribution in [-0.4, -0.2) is 45.0 Å². The molecule has 0 amide bonds. The Morgan fingerprint density at radius 2 is 2.17 bits per heavy atom. The van der Waals surface area contributed by atoms with Gasteiger partial charge in [-0.1, -0.05) is 29.3 Å². The number of sulfone groups is 1. The number of guanidine groups is 1. The van der Waals surface area contributed by atoms with Crippen LogP contribution in [0.3, 0.4) is 0 Å². The molecular formula is C16H23Cl2N3O2S. The average molecular weight is 392 g/mol. The molecule has 1 aromatic carbocycles. The van der Waals surface area contributed by atoms with E-state index in [9.17, 15) is 8.42 Å². The normalized spacial score (nSPS) is 20.1. The van der Waals surface area contributed by atoms with Crippen molar-refractivity contribution in [3.8, 4) is 0 Å². The summed E-state index contributed by atoms with van der Waals surface area (Å²) in [5, 5.41) is 7.67. The van der Waals surface area contributed by atoms with Crippen LogP contribution in [-0.2, 0) is 16.3 Å². The van der Waals surface area contributed by atoms with E-state index in [-0.39, 0.29) is 17.5 Å². The lowest BCUT2D eigenvalue weighted by molar-refractivity contribution is 0.599. The molecular weight excluding hydrogens is 369 g/mol. The third kappa shape index (κ3) is 6.15. The summed E-state index contributed by atoms with van der Waals surface area (Å²) in [5.74, 6) is 1.10. The van der Waals surface area contributed by atoms with Gasteiger partial charge in [0.25, 0.3) is 0 Å². The highest BCUT2D eigenvalue weighted by Crippen LogP contribution is 2.22. The predicted molar refractivity (Wildman–Crippen MR) is 101 cm³/mol. The minimum atomic E-state index is -2.90. The van der Waals surface area contributed by atoms with Crippen molar-refractivity contribution in [3.05, 3.63) is 33.8 Å². The first-order chi connectivity index (χ1) is 11.4. The lowest BCUT2D eigenvalue weighted by Gasteiger charge is -2.15. The van der Waals surface area contributed by atoms with Gasteiger partial charge in [0, 0.05) is 29.2 Å². The topological polar surface area (TPSA) is 70.6 Å². The molecule has 1 fully saturated rings. The number of aliphatic imine (C=N–C) groups is 1. The van der Waals surface area contributed by atoms with Gasteiger partial charge in [-0.15, -0.1) is 0 Å². The van der Waals surface area contributed by atoms with Gasteiger partial charge < -0.3 is 10.6 Å². The van der Waals surface area contributed by atoms with Gasteiger partial charge in [-0.05, 0) is 43.9 Å². The van der Waals surface area contributed by atoms with Crippen LogP contribution >= 0.6 is 23.2 Å². The van der Waals surface area contributed by atoms with Crippen LogP contribution in [0, 0.1) is 0 Å². The van der Waals surface area contributed by atoms with Gasteiger partial charge in [-0.25, -0.2) is 8.42 Å². The molecule has 0 radical (unpaired) electrons. The number of hydrogen-bond acceptors (Lipinski definition) is 3. The second-order valence-electron chi connectivity index (χ2n) is 5.84. The number of aryl methyl sites for hydroxylation is 1. The molecule has 1 aromatic rings. The van der Waals surface area contributed by atoms with E-state index in [1.807, 2.05) is 19.1 Å². The molecule has 0 saturated carbocycles. The Hall–Kier alpha value is -0.980. The monoisotopic (exact) mass is 391 g/mol. The highest BCUT2D eigenvalue weighted by molar-refractivity contribution is 7.91. The van der Waals surface area contributed by atoms with E-state index >= 15 is 0 Å². The molecule has 134 valence electrons. The van der Waals surface area contributed by atoms with Crippen LogP contribution in [0.25, 0.3) is 0 Å². The number of benzene rings is 1. The van der Waals surface area contributed by atoms with Crippen molar-refractivity contribution in [2.24, 2.45) is 4.99 Å². The second kappa shape index (κ2) is 8.92.